The number of esters is 1. The lowest BCUT2D eigenvalue weighted by atomic mass is 10.1. The molecular weight excluding hydrogens is 455 g/mol. The Hall–Kier alpha value is -3.60. The van der Waals surface area contributed by atoms with E-state index in [0.717, 1.165) is 12.1 Å². The van der Waals surface area contributed by atoms with E-state index in [1.54, 1.807) is 35.2 Å². The van der Waals surface area contributed by atoms with E-state index < -0.39 is 42.2 Å². The molecule has 0 bridgehead atoms. The van der Waals surface area contributed by atoms with Gasteiger partial charge in [0.05, 0.1) is 30.2 Å². The standard InChI is InChI=1S/C23H24F3N3O5/c1-15(27-21(31)16-5-3-2-4-6-16)22(32)34-14-20(30)28-18-13-17(23(24,25)26)7-8-19(18)29-9-11-33-12-10-29/h2-8,13,15H,9-12,14H2,1H3,(H,27,31)(H,28,30)/t15-/m0/s1. The molecule has 0 aromatic heterocycles. The molecule has 0 radical (unpaired) electrons. The van der Waals surface area contributed by atoms with Gasteiger partial charge in [-0.1, -0.05) is 18.2 Å². The number of ether oxygens (including phenoxy) is 2. The van der Waals surface area contributed by atoms with Gasteiger partial charge in [0.2, 0.25) is 0 Å². The third-order valence-corrected chi connectivity index (χ3v) is 5.03. The molecule has 1 saturated heterocycles. The number of nitrogens with zero attached hydrogens (tertiary/aromatic N) is 1. The number of amides is 2. The quantitative estimate of drug-likeness (QED) is 0.593. The summed E-state index contributed by atoms with van der Waals surface area (Å²) in [6, 6.07) is 10.2. The maximum atomic E-state index is 13.2. The van der Waals surface area contributed by atoms with Crippen molar-refractivity contribution in [2.24, 2.45) is 0 Å². The van der Waals surface area contributed by atoms with Crippen molar-refractivity contribution < 1.29 is 37.0 Å². The van der Waals surface area contributed by atoms with Crippen molar-refractivity contribution >= 4 is 29.2 Å². The molecule has 8 nitrogen and oxygen atoms in total. The summed E-state index contributed by atoms with van der Waals surface area (Å²) < 4.78 is 49.8. The number of carbonyl (C=O) groups excluding carboxylic acids is 3. The molecule has 34 heavy (non-hydrogen) atoms. The molecule has 182 valence electrons. The highest BCUT2D eigenvalue weighted by atomic mass is 19.4. The van der Waals surface area contributed by atoms with Crippen LogP contribution in [0.15, 0.2) is 48.5 Å². The largest absolute Gasteiger partial charge is 0.454 e. The molecule has 2 aromatic rings. The second-order valence-electron chi connectivity index (χ2n) is 7.55. The van der Waals surface area contributed by atoms with Crippen LogP contribution in [-0.2, 0) is 25.2 Å². The average molecular weight is 479 g/mol. The number of carbonyl (C=O) groups is 3. The summed E-state index contributed by atoms with van der Waals surface area (Å²) in [5, 5.41) is 4.85. The van der Waals surface area contributed by atoms with Gasteiger partial charge in [0.25, 0.3) is 11.8 Å². The molecule has 2 aromatic carbocycles. The summed E-state index contributed by atoms with van der Waals surface area (Å²) in [4.78, 5) is 38.5. The molecule has 3 rings (SSSR count). The molecule has 0 unspecified atom stereocenters. The van der Waals surface area contributed by atoms with E-state index in [0.29, 0.717) is 37.6 Å². The summed E-state index contributed by atoms with van der Waals surface area (Å²) in [5.41, 5.74) is -0.225. The SMILES string of the molecule is C[C@H](NC(=O)c1ccccc1)C(=O)OCC(=O)Nc1cc(C(F)(F)F)ccc1N1CCOCC1. The van der Waals surface area contributed by atoms with E-state index in [2.05, 4.69) is 10.6 Å². The first kappa shape index (κ1) is 25.0. The summed E-state index contributed by atoms with van der Waals surface area (Å²) >= 11 is 0. The molecular formula is C23H24F3N3O5. The van der Waals surface area contributed by atoms with Gasteiger partial charge in [0, 0.05) is 18.7 Å². The number of benzene rings is 2. The van der Waals surface area contributed by atoms with Crippen molar-refractivity contribution in [2.75, 3.05) is 43.1 Å². The lowest BCUT2D eigenvalue weighted by Gasteiger charge is -2.31. The van der Waals surface area contributed by atoms with Crippen LogP contribution in [-0.4, -0.2) is 56.7 Å². The van der Waals surface area contributed by atoms with Gasteiger partial charge in [-0.2, -0.15) is 13.2 Å². The number of alkyl halides is 3. The Bertz CT molecular complexity index is 1020. The molecule has 0 saturated carbocycles. The van der Waals surface area contributed by atoms with Crippen LogP contribution in [0.25, 0.3) is 0 Å². The van der Waals surface area contributed by atoms with E-state index in [1.807, 2.05) is 0 Å². The first-order chi connectivity index (χ1) is 16.1. The number of hydrogen-bond donors (Lipinski definition) is 2. The van der Waals surface area contributed by atoms with Gasteiger partial charge in [0.15, 0.2) is 6.61 Å². The average Bonchev–Trinajstić information content (AvgIpc) is 2.83. The first-order valence-electron chi connectivity index (χ1n) is 10.5. The van der Waals surface area contributed by atoms with Gasteiger partial charge in [-0.25, -0.2) is 4.79 Å². The van der Waals surface area contributed by atoms with Crippen LogP contribution < -0.4 is 15.5 Å². The second-order valence-corrected chi connectivity index (χ2v) is 7.55. The highest BCUT2D eigenvalue weighted by Crippen LogP contribution is 2.35. The van der Waals surface area contributed by atoms with Gasteiger partial charge < -0.3 is 25.0 Å². The fraction of sp³-hybridized carbons (Fsp3) is 0.348. The Morgan fingerprint density at radius 2 is 1.76 bits per heavy atom. The van der Waals surface area contributed by atoms with E-state index in [1.165, 1.54) is 13.0 Å². The van der Waals surface area contributed by atoms with Crippen LogP contribution in [0.3, 0.4) is 0 Å². The number of hydrogen-bond acceptors (Lipinski definition) is 6. The maximum Gasteiger partial charge on any atom is 0.416 e. The van der Waals surface area contributed by atoms with Crippen LogP contribution in [0.5, 0.6) is 0 Å². The van der Waals surface area contributed by atoms with Gasteiger partial charge in [-0.15, -0.1) is 0 Å². The Morgan fingerprint density at radius 1 is 1.09 bits per heavy atom. The lowest BCUT2D eigenvalue weighted by Crippen LogP contribution is -2.40. The Kier molecular flexibility index (Phi) is 8.11. The second kappa shape index (κ2) is 11.0. The van der Waals surface area contributed by atoms with E-state index in [9.17, 15) is 27.6 Å². The van der Waals surface area contributed by atoms with Crippen LogP contribution in [0.1, 0.15) is 22.8 Å². The summed E-state index contributed by atoms with van der Waals surface area (Å²) in [6.45, 7) is 2.36. The highest BCUT2D eigenvalue weighted by molar-refractivity contribution is 5.98. The minimum atomic E-state index is -4.60. The van der Waals surface area contributed by atoms with Crippen molar-refractivity contribution in [2.45, 2.75) is 19.1 Å². The van der Waals surface area contributed by atoms with E-state index >= 15 is 0 Å². The van der Waals surface area contributed by atoms with Crippen LogP contribution in [0, 0.1) is 0 Å². The highest BCUT2D eigenvalue weighted by Gasteiger charge is 2.32. The molecule has 1 fully saturated rings. The topological polar surface area (TPSA) is 97.0 Å². The molecule has 1 heterocycles. The minimum Gasteiger partial charge on any atom is -0.454 e. The van der Waals surface area contributed by atoms with Crippen LogP contribution in [0.4, 0.5) is 24.5 Å². The molecule has 1 aliphatic heterocycles. The maximum absolute atomic E-state index is 13.2. The van der Waals surface area contributed by atoms with Crippen LogP contribution >= 0.6 is 0 Å². The van der Waals surface area contributed by atoms with E-state index in [4.69, 9.17) is 9.47 Å². The molecule has 2 N–H and O–H groups in total. The zero-order chi connectivity index (χ0) is 24.7. The normalized spacial score (nSPS) is 14.8. The fourth-order valence-electron chi connectivity index (χ4n) is 3.27. The number of halogens is 3. The van der Waals surface area contributed by atoms with E-state index in [-0.39, 0.29) is 5.69 Å². The molecule has 0 aliphatic carbocycles. The predicted molar refractivity (Wildman–Crippen MR) is 117 cm³/mol. The van der Waals surface area contributed by atoms with Gasteiger partial charge in [-0.3, -0.25) is 9.59 Å². The molecule has 1 atom stereocenters. The van der Waals surface area contributed by atoms with Gasteiger partial charge in [-0.05, 0) is 37.3 Å². The predicted octanol–water partition coefficient (Wildman–Crippen LogP) is 2.84. The Labute approximate surface area is 194 Å². The number of rotatable bonds is 7. The fourth-order valence-corrected chi connectivity index (χ4v) is 3.27. The third-order valence-electron chi connectivity index (χ3n) is 5.03. The lowest BCUT2D eigenvalue weighted by molar-refractivity contribution is -0.148. The van der Waals surface area contributed by atoms with Gasteiger partial charge >= 0.3 is 12.1 Å². The van der Waals surface area contributed by atoms with Crippen molar-refractivity contribution in [1.29, 1.82) is 0 Å². The summed E-state index contributed by atoms with van der Waals surface area (Å²) in [5.74, 6) is -2.17. The minimum absolute atomic E-state index is 0.0526. The van der Waals surface area contributed by atoms with Crippen molar-refractivity contribution in [1.82, 2.24) is 5.32 Å². The molecule has 11 heteroatoms. The molecule has 1 aliphatic rings. The zero-order valence-corrected chi connectivity index (χ0v) is 18.4. The van der Waals surface area contributed by atoms with Crippen molar-refractivity contribution in [3.63, 3.8) is 0 Å². The monoisotopic (exact) mass is 479 g/mol. The smallest absolute Gasteiger partial charge is 0.416 e. The Morgan fingerprint density at radius 3 is 2.41 bits per heavy atom. The number of anilines is 2. The number of nitrogens with one attached hydrogen (secondary N) is 2. The Balaban J connectivity index is 1.61. The van der Waals surface area contributed by atoms with Crippen molar-refractivity contribution in [3.05, 3.63) is 59.7 Å². The molecule has 0 spiro atoms. The summed E-state index contributed by atoms with van der Waals surface area (Å²) in [7, 11) is 0. The third kappa shape index (κ3) is 6.70. The first-order valence-corrected chi connectivity index (χ1v) is 10.5. The van der Waals surface area contributed by atoms with Gasteiger partial charge in [0.1, 0.15) is 6.04 Å². The number of morpholine rings is 1. The van der Waals surface area contributed by atoms with Crippen molar-refractivity contribution in [3.8, 4) is 0 Å². The summed E-state index contributed by atoms with van der Waals surface area (Å²) in [6.07, 6.45) is -4.60. The molecule has 2 amide bonds. The zero-order valence-electron chi connectivity index (χ0n) is 18.4. The van der Waals surface area contributed by atoms with Crippen LogP contribution in [0.2, 0.25) is 0 Å².